The minimum absolute atomic E-state index is 0.128. The van der Waals surface area contributed by atoms with Gasteiger partial charge in [-0.05, 0) is 53.4 Å². The Labute approximate surface area is 144 Å². The highest BCUT2D eigenvalue weighted by molar-refractivity contribution is 7.98. The maximum Gasteiger partial charge on any atom is 0.255 e. The molecule has 6 nitrogen and oxygen atoms in total. The van der Waals surface area contributed by atoms with Gasteiger partial charge in [-0.2, -0.15) is 0 Å². The molecule has 0 spiro atoms. The van der Waals surface area contributed by atoms with Gasteiger partial charge in [-0.15, -0.1) is 16.9 Å². The predicted molar refractivity (Wildman–Crippen MR) is 95.1 cm³/mol. The van der Waals surface area contributed by atoms with Crippen molar-refractivity contribution in [3.05, 3.63) is 53.6 Å². The number of amides is 1. The van der Waals surface area contributed by atoms with Crippen LogP contribution < -0.4 is 5.32 Å². The third kappa shape index (κ3) is 3.30. The van der Waals surface area contributed by atoms with Gasteiger partial charge in [0.25, 0.3) is 5.91 Å². The number of hydrogen-bond acceptors (Lipinski definition) is 5. The first-order valence-electron chi connectivity index (χ1n) is 7.37. The molecule has 0 atom stereocenters. The SMILES string of the molecule is CSc1ccc(C)c(C(=O)Nc2cccc(-c3nnnn3C)c2)c1. The van der Waals surface area contributed by atoms with Crippen LogP contribution in [0, 0.1) is 6.92 Å². The molecule has 1 amide bonds. The minimum Gasteiger partial charge on any atom is -0.322 e. The van der Waals surface area contributed by atoms with Crippen LogP contribution in [0.4, 0.5) is 5.69 Å². The molecule has 0 unspecified atom stereocenters. The summed E-state index contributed by atoms with van der Waals surface area (Å²) in [5.41, 5.74) is 3.16. The molecule has 0 aliphatic carbocycles. The minimum atomic E-state index is -0.128. The van der Waals surface area contributed by atoms with Crippen molar-refractivity contribution in [2.24, 2.45) is 7.05 Å². The van der Waals surface area contributed by atoms with Gasteiger partial charge in [-0.1, -0.05) is 18.2 Å². The van der Waals surface area contributed by atoms with Crippen LogP contribution in [-0.2, 0) is 7.05 Å². The van der Waals surface area contributed by atoms with Crippen LogP contribution in [0.25, 0.3) is 11.4 Å². The number of rotatable bonds is 4. The zero-order chi connectivity index (χ0) is 17.1. The number of aryl methyl sites for hydroxylation is 2. The summed E-state index contributed by atoms with van der Waals surface area (Å²) in [4.78, 5) is 13.7. The summed E-state index contributed by atoms with van der Waals surface area (Å²) >= 11 is 1.61. The highest BCUT2D eigenvalue weighted by Gasteiger charge is 2.12. The van der Waals surface area contributed by atoms with Gasteiger partial charge in [0.1, 0.15) is 0 Å². The monoisotopic (exact) mass is 339 g/mol. The average molecular weight is 339 g/mol. The topological polar surface area (TPSA) is 72.7 Å². The zero-order valence-corrected chi connectivity index (χ0v) is 14.5. The number of benzene rings is 2. The zero-order valence-electron chi connectivity index (χ0n) is 13.6. The molecule has 2 aromatic carbocycles. The van der Waals surface area contributed by atoms with E-state index in [4.69, 9.17) is 0 Å². The first kappa shape index (κ1) is 16.2. The number of thioether (sulfide) groups is 1. The van der Waals surface area contributed by atoms with Crippen molar-refractivity contribution in [3.63, 3.8) is 0 Å². The van der Waals surface area contributed by atoms with Crippen LogP contribution in [0.3, 0.4) is 0 Å². The summed E-state index contributed by atoms with van der Waals surface area (Å²) in [5, 5.41) is 14.4. The van der Waals surface area contributed by atoms with E-state index in [1.807, 2.05) is 55.6 Å². The maximum atomic E-state index is 12.6. The normalized spacial score (nSPS) is 10.6. The summed E-state index contributed by atoms with van der Waals surface area (Å²) < 4.78 is 1.59. The molecule has 1 heterocycles. The van der Waals surface area contributed by atoms with Crippen LogP contribution in [0.1, 0.15) is 15.9 Å². The Bertz CT molecular complexity index is 890. The smallest absolute Gasteiger partial charge is 0.255 e. The van der Waals surface area contributed by atoms with Gasteiger partial charge in [0.05, 0.1) is 0 Å². The fraction of sp³-hybridized carbons (Fsp3) is 0.176. The van der Waals surface area contributed by atoms with Crippen molar-refractivity contribution in [1.82, 2.24) is 20.2 Å². The Hall–Kier alpha value is -2.67. The lowest BCUT2D eigenvalue weighted by Gasteiger charge is -2.10. The number of aromatic nitrogens is 4. The van der Waals surface area contributed by atoms with Gasteiger partial charge in [-0.25, -0.2) is 4.68 Å². The maximum absolute atomic E-state index is 12.6. The fourth-order valence-electron chi connectivity index (χ4n) is 2.38. The van der Waals surface area contributed by atoms with E-state index in [9.17, 15) is 4.79 Å². The molecule has 0 saturated carbocycles. The Morgan fingerprint density at radius 1 is 1.21 bits per heavy atom. The molecular formula is C17H17N5OS. The molecule has 24 heavy (non-hydrogen) atoms. The van der Waals surface area contributed by atoms with Gasteiger partial charge in [0.15, 0.2) is 5.82 Å². The van der Waals surface area contributed by atoms with Crippen molar-refractivity contribution in [2.75, 3.05) is 11.6 Å². The number of hydrogen-bond donors (Lipinski definition) is 1. The number of carbonyl (C=O) groups is 1. The first-order chi connectivity index (χ1) is 11.6. The molecule has 1 aromatic heterocycles. The molecule has 0 bridgehead atoms. The summed E-state index contributed by atoms with van der Waals surface area (Å²) in [6.45, 7) is 1.93. The molecule has 0 saturated heterocycles. The van der Waals surface area contributed by atoms with Crippen LogP contribution >= 0.6 is 11.8 Å². The number of nitrogens with zero attached hydrogens (tertiary/aromatic N) is 4. The lowest BCUT2D eigenvalue weighted by atomic mass is 10.1. The number of anilines is 1. The van der Waals surface area contributed by atoms with E-state index in [0.29, 0.717) is 17.1 Å². The molecule has 0 radical (unpaired) electrons. The molecule has 0 fully saturated rings. The first-order valence-corrected chi connectivity index (χ1v) is 8.60. The lowest BCUT2D eigenvalue weighted by Crippen LogP contribution is -2.13. The van der Waals surface area contributed by atoms with Gasteiger partial charge in [0, 0.05) is 28.8 Å². The van der Waals surface area contributed by atoms with Crippen molar-refractivity contribution in [2.45, 2.75) is 11.8 Å². The van der Waals surface area contributed by atoms with Crippen molar-refractivity contribution < 1.29 is 4.79 Å². The molecule has 1 N–H and O–H groups in total. The van der Waals surface area contributed by atoms with Gasteiger partial charge < -0.3 is 5.32 Å². The number of tetrazole rings is 1. The Morgan fingerprint density at radius 2 is 2.04 bits per heavy atom. The summed E-state index contributed by atoms with van der Waals surface area (Å²) in [6, 6.07) is 13.4. The Morgan fingerprint density at radius 3 is 2.75 bits per heavy atom. The van der Waals surface area contributed by atoms with E-state index in [1.165, 1.54) is 0 Å². The second-order valence-electron chi connectivity index (χ2n) is 5.34. The highest BCUT2D eigenvalue weighted by atomic mass is 32.2. The van der Waals surface area contributed by atoms with Crippen LogP contribution in [0.5, 0.6) is 0 Å². The summed E-state index contributed by atoms with van der Waals surface area (Å²) in [5.74, 6) is 0.517. The van der Waals surface area contributed by atoms with E-state index in [0.717, 1.165) is 16.0 Å². The van der Waals surface area contributed by atoms with Gasteiger partial charge in [-0.3, -0.25) is 4.79 Å². The van der Waals surface area contributed by atoms with Crippen molar-refractivity contribution in [3.8, 4) is 11.4 Å². The predicted octanol–water partition coefficient (Wildman–Crippen LogP) is 3.16. The molecule has 3 aromatic rings. The Balaban J connectivity index is 1.86. The molecule has 0 aliphatic rings. The summed E-state index contributed by atoms with van der Waals surface area (Å²) in [6.07, 6.45) is 1.99. The second-order valence-corrected chi connectivity index (χ2v) is 6.22. The van der Waals surface area contributed by atoms with Gasteiger partial charge in [0.2, 0.25) is 0 Å². The molecular weight excluding hydrogens is 322 g/mol. The third-order valence-electron chi connectivity index (χ3n) is 3.69. The van der Waals surface area contributed by atoms with E-state index < -0.39 is 0 Å². The quantitative estimate of drug-likeness (QED) is 0.739. The standard InChI is InChI=1S/C17H17N5OS/c1-11-7-8-14(24-3)10-15(11)17(23)18-13-6-4-5-12(9-13)16-19-20-21-22(16)2/h4-10H,1-3H3,(H,18,23). The molecule has 0 aliphatic heterocycles. The molecule has 122 valence electrons. The van der Waals surface area contributed by atoms with E-state index in [1.54, 1.807) is 23.5 Å². The van der Waals surface area contributed by atoms with Gasteiger partial charge >= 0.3 is 0 Å². The highest BCUT2D eigenvalue weighted by Crippen LogP contribution is 2.22. The molecule has 7 heteroatoms. The lowest BCUT2D eigenvalue weighted by molar-refractivity contribution is 0.102. The number of nitrogens with one attached hydrogen (secondary N) is 1. The van der Waals surface area contributed by atoms with E-state index >= 15 is 0 Å². The van der Waals surface area contributed by atoms with Crippen molar-refractivity contribution >= 4 is 23.4 Å². The van der Waals surface area contributed by atoms with Crippen LogP contribution in [0.15, 0.2) is 47.4 Å². The largest absolute Gasteiger partial charge is 0.322 e. The Kier molecular flexibility index (Phi) is 4.61. The number of carbonyl (C=O) groups excluding carboxylic acids is 1. The summed E-state index contributed by atoms with van der Waals surface area (Å²) in [7, 11) is 1.78. The van der Waals surface area contributed by atoms with E-state index in [-0.39, 0.29) is 5.91 Å². The fourth-order valence-corrected chi connectivity index (χ4v) is 2.82. The molecule has 3 rings (SSSR count). The van der Waals surface area contributed by atoms with E-state index in [2.05, 4.69) is 20.8 Å². The average Bonchev–Trinajstić information content (AvgIpc) is 3.01. The third-order valence-corrected chi connectivity index (χ3v) is 4.41. The van der Waals surface area contributed by atoms with Crippen LogP contribution in [-0.4, -0.2) is 32.4 Å². The van der Waals surface area contributed by atoms with Crippen LogP contribution in [0.2, 0.25) is 0 Å². The van der Waals surface area contributed by atoms with Crippen molar-refractivity contribution in [1.29, 1.82) is 0 Å². The second kappa shape index (κ2) is 6.84.